The second-order valence-corrected chi connectivity index (χ2v) is 6.91. The maximum absolute atomic E-state index is 6.52. The van der Waals surface area contributed by atoms with Gasteiger partial charge in [0.15, 0.2) is 0 Å². The van der Waals surface area contributed by atoms with E-state index in [9.17, 15) is 0 Å². The first-order valence-electron chi connectivity index (χ1n) is 7.61. The molecule has 0 aromatic heterocycles. The molecule has 0 N–H and O–H groups in total. The van der Waals surface area contributed by atoms with Gasteiger partial charge in [-0.15, -0.1) is 11.6 Å². The van der Waals surface area contributed by atoms with E-state index >= 15 is 0 Å². The van der Waals surface area contributed by atoms with Crippen LogP contribution in [0.5, 0.6) is 0 Å². The van der Waals surface area contributed by atoms with Gasteiger partial charge in [-0.2, -0.15) is 0 Å². The number of hydrogen-bond acceptors (Lipinski definition) is 1. The van der Waals surface area contributed by atoms with Gasteiger partial charge in [-0.05, 0) is 32.1 Å². The van der Waals surface area contributed by atoms with Crippen LogP contribution >= 0.6 is 11.6 Å². The summed E-state index contributed by atoms with van der Waals surface area (Å²) in [4.78, 5) is 0. The van der Waals surface area contributed by atoms with Gasteiger partial charge in [0, 0.05) is 10.8 Å². The van der Waals surface area contributed by atoms with Crippen LogP contribution in [0, 0.1) is 5.41 Å². The summed E-state index contributed by atoms with van der Waals surface area (Å²) in [6.45, 7) is 0. The molecule has 0 aliphatic heterocycles. The van der Waals surface area contributed by atoms with Gasteiger partial charge < -0.3 is 4.74 Å². The predicted molar refractivity (Wildman–Crippen MR) is 71.5 cm³/mol. The van der Waals surface area contributed by atoms with Crippen molar-refractivity contribution in [1.82, 2.24) is 0 Å². The van der Waals surface area contributed by atoms with Gasteiger partial charge in [0.1, 0.15) is 0 Å². The predicted octanol–water partition coefficient (Wildman–Crippen LogP) is 4.67. The Hall–Kier alpha value is 0.250. The lowest BCUT2D eigenvalue weighted by molar-refractivity contribution is -0.158. The maximum atomic E-state index is 6.52. The van der Waals surface area contributed by atoms with Gasteiger partial charge in [0.25, 0.3) is 0 Å². The van der Waals surface area contributed by atoms with Crippen LogP contribution in [0.15, 0.2) is 0 Å². The molecule has 17 heavy (non-hydrogen) atoms. The molecule has 1 nitrogen and oxygen atoms in total. The number of hydrogen-bond donors (Lipinski definition) is 0. The molecule has 0 bridgehead atoms. The summed E-state index contributed by atoms with van der Waals surface area (Å²) in [6.07, 6.45) is 15.7. The van der Waals surface area contributed by atoms with E-state index in [4.69, 9.17) is 16.3 Å². The highest BCUT2D eigenvalue weighted by Gasteiger charge is 2.55. The standard InChI is InChI=1S/C15H25ClO/c16-13-11-14(15(13)9-5-2-6-10-15)17-12-7-3-1-4-8-12/h12-14H,1-11H2. The van der Waals surface area contributed by atoms with Crippen LogP contribution in [0.2, 0.25) is 0 Å². The Morgan fingerprint density at radius 2 is 1.53 bits per heavy atom. The van der Waals surface area contributed by atoms with Crippen molar-refractivity contribution in [3.63, 3.8) is 0 Å². The summed E-state index contributed by atoms with van der Waals surface area (Å²) >= 11 is 6.52. The smallest absolute Gasteiger partial charge is 0.0663 e. The third kappa shape index (κ3) is 2.26. The number of rotatable bonds is 2. The van der Waals surface area contributed by atoms with E-state index in [0.717, 1.165) is 6.42 Å². The third-order valence-corrected chi connectivity index (χ3v) is 5.99. The van der Waals surface area contributed by atoms with E-state index in [0.29, 0.717) is 23.0 Å². The first-order valence-corrected chi connectivity index (χ1v) is 8.04. The molecule has 0 aromatic rings. The number of alkyl halides is 1. The molecule has 2 unspecified atom stereocenters. The first kappa shape index (κ1) is 12.3. The zero-order valence-corrected chi connectivity index (χ0v) is 11.6. The van der Waals surface area contributed by atoms with Gasteiger partial charge in [-0.3, -0.25) is 0 Å². The van der Waals surface area contributed by atoms with Crippen LogP contribution in [0.25, 0.3) is 0 Å². The maximum Gasteiger partial charge on any atom is 0.0663 e. The second kappa shape index (κ2) is 5.09. The lowest BCUT2D eigenvalue weighted by atomic mass is 9.58. The van der Waals surface area contributed by atoms with Crippen molar-refractivity contribution in [2.75, 3.05) is 0 Å². The minimum absolute atomic E-state index is 0.372. The molecule has 3 saturated carbocycles. The van der Waals surface area contributed by atoms with Crippen LogP contribution < -0.4 is 0 Å². The van der Waals surface area contributed by atoms with E-state index in [1.807, 2.05) is 0 Å². The molecule has 0 saturated heterocycles. The zero-order chi connectivity index (χ0) is 11.7. The monoisotopic (exact) mass is 256 g/mol. The Labute approximate surface area is 110 Å². The summed E-state index contributed by atoms with van der Waals surface area (Å²) in [5, 5.41) is 0.399. The van der Waals surface area contributed by atoms with Crippen molar-refractivity contribution in [3.05, 3.63) is 0 Å². The fraction of sp³-hybridized carbons (Fsp3) is 1.00. The summed E-state index contributed by atoms with van der Waals surface area (Å²) in [5.41, 5.74) is 0.372. The highest BCUT2D eigenvalue weighted by Crippen LogP contribution is 2.56. The van der Waals surface area contributed by atoms with E-state index < -0.39 is 0 Å². The quantitative estimate of drug-likeness (QED) is 0.653. The molecule has 0 amide bonds. The third-order valence-electron chi connectivity index (χ3n) is 5.38. The van der Waals surface area contributed by atoms with Crippen LogP contribution in [0.1, 0.15) is 70.6 Å². The Morgan fingerprint density at radius 1 is 0.882 bits per heavy atom. The fourth-order valence-electron chi connectivity index (χ4n) is 4.17. The number of halogens is 1. The molecular formula is C15H25ClO. The minimum Gasteiger partial charge on any atom is -0.374 e. The van der Waals surface area contributed by atoms with Crippen LogP contribution in [-0.2, 0) is 4.74 Å². The molecule has 98 valence electrons. The normalized spacial score (nSPS) is 37.9. The molecular weight excluding hydrogens is 232 g/mol. The highest BCUT2D eigenvalue weighted by atomic mass is 35.5. The molecule has 1 spiro atoms. The Bertz CT molecular complexity index is 254. The highest BCUT2D eigenvalue weighted by molar-refractivity contribution is 6.21. The van der Waals surface area contributed by atoms with Crippen molar-refractivity contribution in [2.45, 2.75) is 88.2 Å². The Balaban J connectivity index is 1.59. The van der Waals surface area contributed by atoms with Gasteiger partial charge in [0.05, 0.1) is 12.2 Å². The Kier molecular flexibility index (Phi) is 3.68. The van der Waals surface area contributed by atoms with Crippen LogP contribution in [0.3, 0.4) is 0 Å². The minimum atomic E-state index is 0.372. The summed E-state index contributed by atoms with van der Waals surface area (Å²) < 4.78 is 6.41. The van der Waals surface area contributed by atoms with Crippen molar-refractivity contribution >= 4 is 11.6 Å². The molecule has 0 aromatic carbocycles. The molecule has 3 rings (SSSR count). The van der Waals surface area contributed by atoms with Crippen molar-refractivity contribution in [1.29, 1.82) is 0 Å². The molecule has 0 radical (unpaired) electrons. The van der Waals surface area contributed by atoms with Gasteiger partial charge >= 0.3 is 0 Å². The topological polar surface area (TPSA) is 9.23 Å². The summed E-state index contributed by atoms with van der Waals surface area (Å²) in [5.74, 6) is 0. The second-order valence-electron chi connectivity index (χ2n) is 6.38. The lowest BCUT2D eigenvalue weighted by Crippen LogP contribution is -2.57. The van der Waals surface area contributed by atoms with Crippen molar-refractivity contribution in [3.8, 4) is 0 Å². The SMILES string of the molecule is ClC1CC(OC2CCCCC2)C12CCCCC2. The summed E-state index contributed by atoms with van der Waals surface area (Å²) in [6, 6.07) is 0. The largest absolute Gasteiger partial charge is 0.374 e. The molecule has 2 heteroatoms. The van der Waals surface area contributed by atoms with Gasteiger partial charge in [0.2, 0.25) is 0 Å². The molecule has 2 atom stereocenters. The first-order chi connectivity index (χ1) is 8.31. The fourth-order valence-corrected chi connectivity index (χ4v) is 4.69. The average Bonchev–Trinajstić information content (AvgIpc) is 2.41. The molecule has 3 aliphatic carbocycles. The number of ether oxygens (including phenoxy) is 1. The van der Waals surface area contributed by atoms with Crippen LogP contribution in [-0.4, -0.2) is 17.6 Å². The Morgan fingerprint density at radius 3 is 2.18 bits per heavy atom. The van der Waals surface area contributed by atoms with Gasteiger partial charge in [-0.25, -0.2) is 0 Å². The zero-order valence-electron chi connectivity index (χ0n) is 10.8. The average molecular weight is 257 g/mol. The van der Waals surface area contributed by atoms with Crippen molar-refractivity contribution in [2.24, 2.45) is 5.41 Å². The van der Waals surface area contributed by atoms with Gasteiger partial charge in [-0.1, -0.05) is 38.5 Å². The molecule has 3 fully saturated rings. The summed E-state index contributed by atoms with van der Waals surface area (Å²) in [7, 11) is 0. The van der Waals surface area contributed by atoms with E-state index in [1.54, 1.807) is 0 Å². The van der Waals surface area contributed by atoms with E-state index in [-0.39, 0.29) is 0 Å². The van der Waals surface area contributed by atoms with Crippen molar-refractivity contribution < 1.29 is 4.74 Å². The molecule has 3 aliphatic rings. The lowest BCUT2D eigenvalue weighted by Gasteiger charge is -2.56. The molecule has 0 heterocycles. The van der Waals surface area contributed by atoms with E-state index in [2.05, 4.69) is 0 Å². The van der Waals surface area contributed by atoms with E-state index in [1.165, 1.54) is 64.2 Å². The van der Waals surface area contributed by atoms with Crippen LogP contribution in [0.4, 0.5) is 0 Å².